The molecule has 0 bridgehead atoms. The van der Waals surface area contributed by atoms with Gasteiger partial charge >= 0.3 is 0 Å². The molecule has 1 aliphatic heterocycles. The van der Waals surface area contributed by atoms with Gasteiger partial charge < -0.3 is 9.84 Å². The highest BCUT2D eigenvalue weighted by Crippen LogP contribution is 2.37. The van der Waals surface area contributed by atoms with E-state index in [9.17, 15) is 14.3 Å². The lowest BCUT2D eigenvalue weighted by atomic mass is 10.0. The normalized spacial score (nSPS) is 16.7. The van der Waals surface area contributed by atoms with Gasteiger partial charge in [0.2, 0.25) is 6.36 Å². The van der Waals surface area contributed by atoms with Crippen molar-refractivity contribution in [2.24, 2.45) is 0 Å². The molecule has 1 aliphatic rings. The monoisotopic (exact) mass is 448 g/mol. The molecule has 1 N–H and O–H groups in total. The molecule has 4 aromatic rings. The zero-order chi connectivity index (χ0) is 23.3. The van der Waals surface area contributed by atoms with E-state index in [1.54, 1.807) is 37.0 Å². The van der Waals surface area contributed by atoms with Crippen LogP contribution in [0, 0.1) is 0 Å². The van der Waals surface area contributed by atoms with E-state index in [-0.39, 0.29) is 11.6 Å². The Hall–Kier alpha value is -3.52. The molecule has 5 rings (SSSR count). The van der Waals surface area contributed by atoms with Crippen molar-refractivity contribution >= 4 is 10.9 Å². The molecule has 3 heterocycles. The summed E-state index contributed by atoms with van der Waals surface area (Å²) in [6.07, 6.45) is 2.61. The first-order chi connectivity index (χ1) is 15.7. The van der Waals surface area contributed by atoms with Crippen molar-refractivity contribution < 1.29 is 14.2 Å². The number of benzene rings is 2. The molecule has 0 spiro atoms. The molecule has 2 aromatic heterocycles. The lowest BCUT2D eigenvalue weighted by Crippen LogP contribution is -2.19. The molecule has 0 saturated carbocycles. The average molecular weight is 448 g/mol. The van der Waals surface area contributed by atoms with Crippen molar-refractivity contribution in [2.45, 2.75) is 51.7 Å². The summed E-state index contributed by atoms with van der Waals surface area (Å²) in [5, 5.41) is 10.7. The largest absolute Gasteiger partial charge is 0.460 e. The lowest BCUT2D eigenvalue weighted by Gasteiger charge is -2.19. The first-order valence-corrected chi connectivity index (χ1v) is 10.9. The predicted octanol–water partition coefficient (Wildman–Crippen LogP) is 4.17. The number of aromatic nitrogens is 4. The summed E-state index contributed by atoms with van der Waals surface area (Å²) in [6.45, 7) is 5.19. The summed E-state index contributed by atoms with van der Waals surface area (Å²) in [4.78, 5) is 21.7. The second kappa shape index (κ2) is 7.81. The molecule has 0 aliphatic carbocycles. The van der Waals surface area contributed by atoms with E-state index in [2.05, 4.69) is 9.97 Å². The number of ether oxygens (including phenoxy) is 1. The molecular weight excluding hydrogens is 423 g/mol. The minimum atomic E-state index is -1.44. The van der Waals surface area contributed by atoms with Crippen LogP contribution in [0.3, 0.4) is 0 Å². The van der Waals surface area contributed by atoms with E-state index in [1.165, 1.54) is 6.92 Å². The van der Waals surface area contributed by atoms with Crippen molar-refractivity contribution in [3.63, 3.8) is 0 Å². The zero-order valence-corrected chi connectivity index (χ0v) is 18.7. The SMILES string of the molecule is CC(F)Oc1ccccc1[C@H]1CCn2c(=O)c3ccc(-c4cnc(C(C)(C)O)nc4)cc3n21. The highest BCUT2D eigenvalue weighted by molar-refractivity contribution is 5.84. The number of hydrogen-bond acceptors (Lipinski definition) is 5. The lowest BCUT2D eigenvalue weighted by molar-refractivity contribution is 0.0687. The fourth-order valence-electron chi connectivity index (χ4n) is 4.48. The Labute approximate surface area is 190 Å². The van der Waals surface area contributed by atoms with Crippen molar-refractivity contribution in [1.29, 1.82) is 0 Å². The maximum Gasteiger partial charge on any atom is 0.274 e. The Kier molecular flexibility index (Phi) is 5.05. The molecule has 1 unspecified atom stereocenters. The molecule has 0 amide bonds. The van der Waals surface area contributed by atoms with Crippen LogP contribution < -0.4 is 10.3 Å². The highest BCUT2D eigenvalue weighted by Gasteiger charge is 2.30. The Morgan fingerprint density at radius 3 is 2.58 bits per heavy atom. The van der Waals surface area contributed by atoms with Crippen LogP contribution in [0.25, 0.3) is 22.0 Å². The van der Waals surface area contributed by atoms with Crippen molar-refractivity contribution in [2.75, 3.05) is 0 Å². The molecule has 170 valence electrons. The highest BCUT2D eigenvalue weighted by atomic mass is 19.1. The van der Waals surface area contributed by atoms with Gasteiger partial charge in [0.1, 0.15) is 11.4 Å². The van der Waals surface area contributed by atoms with Crippen molar-refractivity contribution in [3.8, 4) is 16.9 Å². The van der Waals surface area contributed by atoms with Gasteiger partial charge in [-0.1, -0.05) is 24.3 Å². The number of rotatable bonds is 5. The molecule has 33 heavy (non-hydrogen) atoms. The Bertz CT molecular complexity index is 1380. The van der Waals surface area contributed by atoms with E-state index in [1.807, 2.05) is 41.1 Å². The topological polar surface area (TPSA) is 82.2 Å². The summed E-state index contributed by atoms with van der Waals surface area (Å²) < 4.78 is 22.8. The Morgan fingerprint density at radius 2 is 1.88 bits per heavy atom. The number of hydrogen-bond donors (Lipinski definition) is 1. The summed E-state index contributed by atoms with van der Waals surface area (Å²) >= 11 is 0. The van der Waals surface area contributed by atoms with Crippen LogP contribution in [0.4, 0.5) is 4.39 Å². The van der Waals surface area contributed by atoms with Crippen LogP contribution >= 0.6 is 0 Å². The Balaban J connectivity index is 1.62. The van der Waals surface area contributed by atoms with Gasteiger partial charge in [0, 0.05) is 37.0 Å². The first kappa shape index (κ1) is 21.3. The smallest absolute Gasteiger partial charge is 0.274 e. The number of para-hydroxylation sites is 1. The summed E-state index contributed by atoms with van der Waals surface area (Å²) in [5.74, 6) is 0.819. The average Bonchev–Trinajstić information content (AvgIpc) is 3.33. The van der Waals surface area contributed by atoms with Crippen molar-refractivity contribution in [3.05, 3.63) is 76.6 Å². The van der Waals surface area contributed by atoms with Crippen LogP contribution in [0.2, 0.25) is 0 Å². The third kappa shape index (κ3) is 3.70. The number of aliphatic hydroxyl groups is 1. The molecule has 8 heteroatoms. The van der Waals surface area contributed by atoms with Gasteiger partial charge in [-0.15, -0.1) is 0 Å². The van der Waals surface area contributed by atoms with Gasteiger partial charge in [-0.25, -0.2) is 19.0 Å². The first-order valence-electron chi connectivity index (χ1n) is 10.9. The van der Waals surface area contributed by atoms with E-state index in [0.29, 0.717) is 29.9 Å². The van der Waals surface area contributed by atoms with Crippen LogP contribution in [0.1, 0.15) is 44.6 Å². The quantitative estimate of drug-likeness (QED) is 0.495. The van der Waals surface area contributed by atoms with E-state index >= 15 is 0 Å². The molecule has 0 fully saturated rings. The van der Waals surface area contributed by atoms with E-state index in [0.717, 1.165) is 22.2 Å². The Morgan fingerprint density at radius 1 is 1.15 bits per heavy atom. The van der Waals surface area contributed by atoms with Crippen LogP contribution in [-0.2, 0) is 12.1 Å². The maximum atomic E-state index is 13.6. The van der Waals surface area contributed by atoms with Crippen molar-refractivity contribution in [1.82, 2.24) is 19.3 Å². The minimum absolute atomic E-state index is 0.0510. The van der Waals surface area contributed by atoms with Crippen LogP contribution in [0.5, 0.6) is 5.75 Å². The third-order valence-corrected chi connectivity index (χ3v) is 5.98. The third-order valence-electron chi connectivity index (χ3n) is 5.98. The molecule has 0 saturated heterocycles. The van der Waals surface area contributed by atoms with Gasteiger partial charge in [0.05, 0.1) is 16.9 Å². The van der Waals surface area contributed by atoms with E-state index < -0.39 is 12.0 Å². The van der Waals surface area contributed by atoms with Gasteiger partial charge in [-0.2, -0.15) is 0 Å². The van der Waals surface area contributed by atoms with Gasteiger partial charge in [0.25, 0.3) is 5.56 Å². The second-order valence-corrected chi connectivity index (χ2v) is 8.86. The zero-order valence-electron chi connectivity index (χ0n) is 18.7. The number of nitrogens with zero attached hydrogens (tertiary/aromatic N) is 4. The molecule has 2 atom stereocenters. The van der Waals surface area contributed by atoms with Crippen LogP contribution in [0.15, 0.2) is 59.7 Å². The molecule has 2 aromatic carbocycles. The van der Waals surface area contributed by atoms with E-state index in [4.69, 9.17) is 4.74 Å². The maximum absolute atomic E-state index is 13.6. The predicted molar refractivity (Wildman–Crippen MR) is 123 cm³/mol. The number of alkyl halides is 1. The summed E-state index contributed by atoms with van der Waals surface area (Å²) in [5.41, 5.74) is 2.09. The minimum Gasteiger partial charge on any atom is -0.460 e. The molecule has 0 radical (unpaired) electrons. The molecule has 7 nitrogen and oxygen atoms in total. The summed E-state index contributed by atoms with van der Waals surface area (Å²) in [7, 11) is 0. The molecular formula is C25H25FN4O3. The fourth-order valence-corrected chi connectivity index (χ4v) is 4.48. The summed E-state index contributed by atoms with van der Waals surface area (Å²) in [6, 6.07) is 12.9. The van der Waals surface area contributed by atoms with Gasteiger partial charge in [0.15, 0.2) is 5.82 Å². The fraction of sp³-hybridized carbons (Fsp3) is 0.320. The van der Waals surface area contributed by atoms with Gasteiger partial charge in [-0.05, 0) is 44.0 Å². The number of fused-ring (bicyclic) bond motifs is 3. The number of halogens is 1. The van der Waals surface area contributed by atoms with Gasteiger partial charge in [-0.3, -0.25) is 9.48 Å². The second-order valence-electron chi connectivity index (χ2n) is 8.86. The standard InChI is InChI=1S/C25H25FN4O3/c1-15(26)33-22-7-5-4-6-18(22)20-10-11-29-23(31)19-9-8-16(12-21(19)30(20)29)17-13-27-24(28-14-17)25(2,3)32/h4-9,12-15,20,32H,10-11H2,1-3H3/t15?,20-/m1/s1. The van der Waals surface area contributed by atoms with Crippen LogP contribution in [-0.4, -0.2) is 30.8 Å².